The van der Waals surface area contributed by atoms with Crippen LogP contribution >= 0.6 is 0 Å². The Morgan fingerprint density at radius 1 is 1.08 bits per heavy atom. The van der Waals surface area contributed by atoms with Gasteiger partial charge in [0.1, 0.15) is 5.69 Å². The zero-order valence-corrected chi connectivity index (χ0v) is 14.4. The molecule has 0 unspecified atom stereocenters. The van der Waals surface area contributed by atoms with E-state index in [0.717, 1.165) is 14.2 Å². The first-order valence-corrected chi connectivity index (χ1v) is 7.19. The van der Waals surface area contributed by atoms with Gasteiger partial charge < -0.3 is 14.4 Å². The van der Waals surface area contributed by atoms with Gasteiger partial charge in [-0.1, -0.05) is 0 Å². The first-order valence-electron chi connectivity index (χ1n) is 7.19. The fourth-order valence-electron chi connectivity index (χ4n) is 2.25. The second-order valence-electron chi connectivity index (χ2n) is 5.41. The summed E-state index contributed by atoms with van der Waals surface area (Å²) in [5.74, 6) is -2.76. The molecule has 1 heterocycles. The molecule has 0 N–H and O–H groups in total. The van der Waals surface area contributed by atoms with E-state index < -0.39 is 52.6 Å². The smallest absolute Gasteiger partial charge is 0.434 e. The quantitative estimate of drug-likeness (QED) is 0.555. The molecule has 146 valence electrons. The van der Waals surface area contributed by atoms with Crippen molar-refractivity contribution in [3.8, 4) is 0 Å². The summed E-state index contributed by atoms with van der Waals surface area (Å²) in [7, 11) is 4.87. The van der Waals surface area contributed by atoms with Crippen molar-refractivity contribution >= 4 is 11.9 Å². The minimum atomic E-state index is -5.21. The third-order valence-corrected chi connectivity index (χ3v) is 3.39. The molecule has 26 heavy (non-hydrogen) atoms. The van der Waals surface area contributed by atoms with Crippen LogP contribution in [-0.4, -0.2) is 56.7 Å². The number of esters is 2. The van der Waals surface area contributed by atoms with Crippen molar-refractivity contribution in [2.75, 3.05) is 34.9 Å². The molecule has 1 aromatic heterocycles. The highest BCUT2D eigenvalue weighted by Gasteiger charge is 2.43. The van der Waals surface area contributed by atoms with Gasteiger partial charge in [-0.05, 0) is 26.1 Å². The number of pyridine rings is 1. The molecule has 0 atom stereocenters. The summed E-state index contributed by atoms with van der Waals surface area (Å²) in [5.41, 5.74) is -5.72. The first kappa shape index (κ1) is 21.7. The van der Waals surface area contributed by atoms with Crippen LogP contribution in [0.2, 0.25) is 0 Å². The molecule has 1 rings (SSSR count). The number of hydrogen-bond acceptors (Lipinski definition) is 6. The van der Waals surface area contributed by atoms with Gasteiger partial charge in [-0.15, -0.1) is 0 Å². The number of ether oxygens (including phenoxy) is 2. The van der Waals surface area contributed by atoms with Crippen LogP contribution in [0.25, 0.3) is 0 Å². The van der Waals surface area contributed by atoms with E-state index in [0.29, 0.717) is 0 Å². The predicted octanol–water partition coefficient (Wildman–Crippen LogP) is 2.72. The van der Waals surface area contributed by atoms with Crippen LogP contribution in [0, 0.1) is 0 Å². The summed E-state index contributed by atoms with van der Waals surface area (Å²) < 4.78 is 75.4. The van der Waals surface area contributed by atoms with E-state index in [1.165, 1.54) is 4.90 Å². The van der Waals surface area contributed by atoms with Crippen molar-refractivity contribution in [1.29, 1.82) is 0 Å². The van der Waals surface area contributed by atoms with E-state index in [1.807, 2.05) is 0 Å². The number of halogens is 5. The molecule has 0 aliphatic rings. The van der Waals surface area contributed by atoms with Crippen LogP contribution in [0.4, 0.5) is 22.0 Å². The molecule has 0 saturated heterocycles. The van der Waals surface area contributed by atoms with Crippen molar-refractivity contribution < 1.29 is 41.0 Å². The van der Waals surface area contributed by atoms with Crippen LogP contribution in [0.3, 0.4) is 0 Å². The van der Waals surface area contributed by atoms with Crippen LogP contribution in [0.5, 0.6) is 0 Å². The summed E-state index contributed by atoms with van der Waals surface area (Å²) in [4.78, 5) is 28.4. The van der Waals surface area contributed by atoms with Gasteiger partial charge in [0.15, 0.2) is 5.69 Å². The van der Waals surface area contributed by atoms with E-state index in [-0.39, 0.29) is 13.0 Å². The number of carbonyl (C=O) groups is 2. The minimum absolute atomic E-state index is 0.0674. The lowest BCUT2D eigenvalue weighted by atomic mass is 9.94. The molecule has 0 radical (unpaired) electrons. The van der Waals surface area contributed by atoms with Crippen molar-refractivity contribution in [1.82, 2.24) is 9.88 Å². The molecule has 1 aromatic rings. The Bertz CT molecular complexity index is 690. The maximum absolute atomic E-state index is 13.3. The molecule has 0 bridgehead atoms. The van der Waals surface area contributed by atoms with Gasteiger partial charge in [0, 0.05) is 6.54 Å². The fraction of sp³-hybridized carbons (Fsp3) is 0.533. The lowest BCUT2D eigenvalue weighted by Gasteiger charge is -2.21. The third-order valence-electron chi connectivity index (χ3n) is 3.39. The zero-order chi connectivity index (χ0) is 20.2. The molecule has 6 nitrogen and oxygen atoms in total. The lowest BCUT2D eigenvalue weighted by molar-refractivity contribution is -0.142. The number of rotatable bonds is 6. The van der Waals surface area contributed by atoms with Gasteiger partial charge >= 0.3 is 18.1 Å². The Balaban J connectivity index is 3.97. The average molecular weight is 384 g/mol. The molecule has 0 aliphatic heterocycles. The topological polar surface area (TPSA) is 68.7 Å². The molecule has 0 amide bonds. The molecule has 0 fully saturated rings. The first-order chi connectivity index (χ1) is 11.9. The zero-order valence-electron chi connectivity index (χ0n) is 14.4. The van der Waals surface area contributed by atoms with Crippen LogP contribution in [0.1, 0.15) is 44.1 Å². The summed E-state index contributed by atoms with van der Waals surface area (Å²) in [5, 5.41) is 0. The Morgan fingerprint density at radius 3 is 1.96 bits per heavy atom. The second kappa shape index (κ2) is 8.39. The Kier molecular flexibility index (Phi) is 7.01. The molecular weight excluding hydrogens is 367 g/mol. The van der Waals surface area contributed by atoms with Gasteiger partial charge in [-0.3, -0.25) is 0 Å². The number of carbonyl (C=O) groups excluding carboxylic acids is 2. The van der Waals surface area contributed by atoms with E-state index in [9.17, 15) is 31.5 Å². The highest BCUT2D eigenvalue weighted by molar-refractivity contribution is 5.99. The van der Waals surface area contributed by atoms with Crippen molar-refractivity contribution in [3.05, 3.63) is 28.1 Å². The lowest BCUT2D eigenvalue weighted by Crippen LogP contribution is -2.26. The van der Waals surface area contributed by atoms with Gasteiger partial charge in [0.05, 0.1) is 25.3 Å². The summed E-state index contributed by atoms with van der Waals surface area (Å²) in [6.07, 6.45) is -9.02. The normalized spacial score (nSPS) is 11.8. The molecule has 11 heteroatoms. The van der Waals surface area contributed by atoms with Crippen LogP contribution in [-0.2, 0) is 22.1 Å². The number of methoxy groups -OCH3 is 2. The van der Waals surface area contributed by atoms with Crippen molar-refractivity contribution in [2.24, 2.45) is 0 Å². The van der Waals surface area contributed by atoms with E-state index in [2.05, 4.69) is 14.5 Å². The fourth-order valence-corrected chi connectivity index (χ4v) is 2.25. The Morgan fingerprint density at radius 2 is 1.58 bits per heavy atom. The maximum Gasteiger partial charge on any atom is 0.434 e. The van der Waals surface area contributed by atoms with Gasteiger partial charge in [0.2, 0.25) is 0 Å². The number of hydrogen-bond donors (Lipinski definition) is 0. The number of aromatic nitrogens is 1. The number of alkyl halides is 5. The molecule has 0 aromatic carbocycles. The molecule has 0 saturated carbocycles. The van der Waals surface area contributed by atoms with E-state index in [4.69, 9.17) is 0 Å². The SMILES string of the molecule is COC(=O)c1c(C(F)F)nc(C(F)(F)F)c(C(=O)OC)c1CCN(C)C. The molecule has 0 aliphatic carbocycles. The van der Waals surface area contributed by atoms with Gasteiger partial charge in [-0.2, -0.15) is 13.2 Å². The highest BCUT2D eigenvalue weighted by atomic mass is 19.4. The van der Waals surface area contributed by atoms with E-state index >= 15 is 0 Å². The van der Waals surface area contributed by atoms with Crippen molar-refractivity contribution in [3.63, 3.8) is 0 Å². The number of nitrogens with zero attached hydrogens (tertiary/aromatic N) is 2. The second-order valence-corrected chi connectivity index (χ2v) is 5.41. The maximum atomic E-state index is 13.3. The summed E-state index contributed by atoms with van der Waals surface area (Å²) >= 11 is 0. The van der Waals surface area contributed by atoms with E-state index in [1.54, 1.807) is 14.1 Å². The molecular formula is C15H17F5N2O4. The largest absolute Gasteiger partial charge is 0.465 e. The Hall–Kier alpha value is -2.30. The third kappa shape index (κ3) is 4.65. The minimum Gasteiger partial charge on any atom is -0.465 e. The monoisotopic (exact) mass is 384 g/mol. The van der Waals surface area contributed by atoms with Gasteiger partial charge in [-0.25, -0.2) is 23.4 Å². The average Bonchev–Trinajstić information content (AvgIpc) is 2.55. The Labute approximate surface area is 145 Å². The highest BCUT2D eigenvalue weighted by Crippen LogP contribution is 2.37. The summed E-state index contributed by atoms with van der Waals surface area (Å²) in [6.45, 7) is 0.0674. The standard InChI is InChI=1S/C15H17F5N2O4/c1-22(2)6-5-7-8(13(23)25-3)10(12(16)17)21-11(15(18,19)20)9(7)14(24)26-4/h12H,5-6H2,1-4H3. The van der Waals surface area contributed by atoms with Crippen molar-refractivity contribution in [2.45, 2.75) is 19.0 Å². The predicted molar refractivity (Wildman–Crippen MR) is 79.1 cm³/mol. The van der Waals surface area contributed by atoms with Gasteiger partial charge in [0.25, 0.3) is 6.43 Å². The van der Waals surface area contributed by atoms with Crippen LogP contribution in [0.15, 0.2) is 0 Å². The number of likely N-dealkylation sites (N-methyl/N-ethyl adjacent to an activating group) is 1. The molecule has 0 spiro atoms. The van der Waals surface area contributed by atoms with Crippen LogP contribution < -0.4 is 0 Å². The summed E-state index contributed by atoms with van der Waals surface area (Å²) in [6, 6.07) is 0.